The molecule has 0 saturated heterocycles. The van der Waals surface area contributed by atoms with E-state index in [1.807, 2.05) is 12.1 Å². The molecule has 1 aliphatic heterocycles. The Labute approximate surface area is 138 Å². The smallest absolute Gasteiger partial charge is 0.254 e. The van der Waals surface area contributed by atoms with Gasteiger partial charge in [-0.05, 0) is 41.8 Å². The van der Waals surface area contributed by atoms with Crippen LogP contribution in [0, 0.1) is 0 Å². The topological polar surface area (TPSA) is 93.4 Å². The fourth-order valence-electron chi connectivity index (χ4n) is 2.58. The van der Waals surface area contributed by atoms with Crippen LogP contribution in [0.5, 0.6) is 0 Å². The first-order valence-electron chi connectivity index (χ1n) is 6.89. The number of nitrogens with two attached hydrogens (primary N) is 1. The second kappa shape index (κ2) is 5.92. The van der Waals surface area contributed by atoms with Gasteiger partial charge in [-0.2, -0.15) is 0 Å². The Morgan fingerprint density at radius 3 is 2.61 bits per heavy atom. The van der Waals surface area contributed by atoms with Crippen LogP contribution in [0.2, 0.25) is 5.02 Å². The SMILES string of the molecule is NS(=O)(=O)c1cc2c(cc1Cl)CN(CCc1ccncc1)C2=O. The fraction of sp³-hybridized carbons (Fsp3) is 0.200. The van der Waals surface area contributed by atoms with Crippen molar-refractivity contribution in [1.82, 2.24) is 9.88 Å². The summed E-state index contributed by atoms with van der Waals surface area (Å²) in [6.07, 6.45) is 4.10. The molecule has 0 spiro atoms. The Hall–Kier alpha value is -1.96. The van der Waals surface area contributed by atoms with Gasteiger partial charge in [0.1, 0.15) is 4.90 Å². The van der Waals surface area contributed by atoms with Gasteiger partial charge in [-0.25, -0.2) is 13.6 Å². The van der Waals surface area contributed by atoms with Crippen molar-refractivity contribution < 1.29 is 13.2 Å². The van der Waals surface area contributed by atoms with Gasteiger partial charge in [-0.1, -0.05) is 11.6 Å². The van der Waals surface area contributed by atoms with Gasteiger partial charge in [-0.15, -0.1) is 0 Å². The van der Waals surface area contributed by atoms with Gasteiger partial charge >= 0.3 is 0 Å². The van der Waals surface area contributed by atoms with Crippen molar-refractivity contribution in [3.05, 3.63) is 58.4 Å². The molecule has 8 heteroatoms. The predicted molar refractivity (Wildman–Crippen MR) is 85.5 cm³/mol. The minimum absolute atomic E-state index is 0.0371. The molecule has 0 atom stereocenters. The van der Waals surface area contributed by atoms with Crippen molar-refractivity contribution in [1.29, 1.82) is 0 Å². The Balaban J connectivity index is 1.82. The molecule has 2 aromatic rings. The molecule has 6 nitrogen and oxygen atoms in total. The zero-order valence-corrected chi connectivity index (χ0v) is 13.6. The molecule has 2 heterocycles. The van der Waals surface area contributed by atoms with Gasteiger partial charge < -0.3 is 4.90 Å². The van der Waals surface area contributed by atoms with Crippen molar-refractivity contribution in [2.24, 2.45) is 5.14 Å². The second-order valence-corrected chi connectivity index (χ2v) is 7.25. The number of sulfonamides is 1. The summed E-state index contributed by atoms with van der Waals surface area (Å²) in [5, 5.41) is 5.16. The first-order chi connectivity index (χ1) is 10.9. The number of carbonyl (C=O) groups is 1. The molecule has 23 heavy (non-hydrogen) atoms. The summed E-state index contributed by atoms with van der Waals surface area (Å²) in [5.74, 6) is -0.212. The van der Waals surface area contributed by atoms with E-state index in [4.69, 9.17) is 16.7 Å². The third kappa shape index (κ3) is 3.21. The van der Waals surface area contributed by atoms with Crippen LogP contribution in [-0.2, 0) is 23.0 Å². The van der Waals surface area contributed by atoms with E-state index < -0.39 is 10.0 Å². The van der Waals surface area contributed by atoms with E-state index in [0.29, 0.717) is 30.6 Å². The van der Waals surface area contributed by atoms with Crippen LogP contribution in [0.25, 0.3) is 0 Å². The number of nitrogens with zero attached hydrogens (tertiary/aromatic N) is 2. The number of hydrogen-bond acceptors (Lipinski definition) is 4. The van der Waals surface area contributed by atoms with Gasteiger partial charge in [0.05, 0.1) is 5.02 Å². The number of rotatable bonds is 4. The van der Waals surface area contributed by atoms with E-state index in [0.717, 1.165) is 5.56 Å². The van der Waals surface area contributed by atoms with E-state index in [-0.39, 0.29) is 15.8 Å². The largest absolute Gasteiger partial charge is 0.334 e. The molecule has 0 bridgehead atoms. The summed E-state index contributed by atoms with van der Waals surface area (Å²) in [4.78, 5) is 17.8. The lowest BCUT2D eigenvalue weighted by molar-refractivity contribution is 0.0780. The first kappa shape index (κ1) is 15.9. The van der Waals surface area contributed by atoms with Crippen molar-refractivity contribution >= 4 is 27.5 Å². The number of aromatic nitrogens is 1. The highest BCUT2D eigenvalue weighted by atomic mass is 35.5. The third-order valence-electron chi connectivity index (χ3n) is 3.76. The van der Waals surface area contributed by atoms with Gasteiger partial charge in [0.2, 0.25) is 10.0 Å². The lowest BCUT2D eigenvalue weighted by atomic mass is 10.1. The molecule has 1 aliphatic rings. The van der Waals surface area contributed by atoms with Crippen LogP contribution in [0.15, 0.2) is 41.6 Å². The highest BCUT2D eigenvalue weighted by molar-refractivity contribution is 7.89. The minimum Gasteiger partial charge on any atom is -0.334 e. The normalized spacial score (nSPS) is 14.2. The van der Waals surface area contributed by atoms with E-state index in [2.05, 4.69) is 4.98 Å². The number of benzene rings is 1. The lowest BCUT2D eigenvalue weighted by Gasteiger charge is -2.15. The monoisotopic (exact) mass is 351 g/mol. The van der Waals surface area contributed by atoms with Gasteiger partial charge in [-0.3, -0.25) is 9.78 Å². The number of pyridine rings is 1. The molecule has 0 fully saturated rings. The van der Waals surface area contributed by atoms with Crippen LogP contribution in [-0.4, -0.2) is 30.8 Å². The summed E-state index contributed by atoms with van der Waals surface area (Å²) in [7, 11) is -3.96. The maximum Gasteiger partial charge on any atom is 0.254 e. The maximum atomic E-state index is 12.4. The van der Waals surface area contributed by atoms with Crippen LogP contribution in [0.1, 0.15) is 21.5 Å². The van der Waals surface area contributed by atoms with Crippen LogP contribution in [0.3, 0.4) is 0 Å². The van der Waals surface area contributed by atoms with Crippen molar-refractivity contribution in [2.45, 2.75) is 17.9 Å². The standard InChI is InChI=1S/C15H14ClN3O3S/c16-13-7-11-9-19(6-3-10-1-4-18-5-2-10)15(20)12(11)8-14(13)23(17,21)22/h1-2,4-5,7-8H,3,6,9H2,(H2,17,21,22). The van der Waals surface area contributed by atoms with Crippen molar-refractivity contribution in [3.8, 4) is 0 Å². The van der Waals surface area contributed by atoms with Crippen LogP contribution >= 0.6 is 11.6 Å². The van der Waals surface area contributed by atoms with Gasteiger partial charge in [0.15, 0.2) is 0 Å². The molecule has 0 radical (unpaired) electrons. The maximum absolute atomic E-state index is 12.4. The summed E-state index contributed by atoms with van der Waals surface area (Å²) >= 11 is 5.97. The average Bonchev–Trinajstić information content (AvgIpc) is 2.80. The molecule has 1 amide bonds. The molecule has 3 rings (SSSR count). The van der Waals surface area contributed by atoms with Crippen LogP contribution in [0.4, 0.5) is 0 Å². The van der Waals surface area contributed by atoms with Crippen molar-refractivity contribution in [3.63, 3.8) is 0 Å². The zero-order chi connectivity index (χ0) is 16.6. The molecule has 120 valence electrons. The number of carbonyl (C=O) groups excluding carboxylic acids is 1. The quantitative estimate of drug-likeness (QED) is 0.904. The Bertz CT molecular complexity index is 869. The van der Waals surface area contributed by atoms with E-state index in [9.17, 15) is 13.2 Å². The Kier molecular flexibility index (Phi) is 4.09. The summed E-state index contributed by atoms with van der Waals surface area (Å²) in [6, 6.07) is 6.55. The number of halogens is 1. The Morgan fingerprint density at radius 1 is 1.26 bits per heavy atom. The number of fused-ring (bicyclic) bond motifs is 1. The second-order valence-electron chi connectivity index (χ2n) is 5.32. The van der Waals surface area contributed by atoms with Crippen LogP contribution < -0.4 is 5.14 Å². The van der Waals surface area contributed by atoms with Gasteiger partial charge in [0.25, 0.3) is 5.91 Å². The molecular weight excluding hydrogens is 338 g/mol. The molecule has 0 saturated carbocycles. The van der Waals surface area contributed by atoms with E-state index in [1.165, 1.54) is 12.1 Å². The molecule has 2 N–H and O–H groups in total. The molecule has 0 unspecified atom stereocenters. The first-order valence-corrected chi connectivity index (χ1v) is 8.82. The minimum atomic E-state index is -3.96. The Morgan fingerprint density at radius 2 is 1.96 bits per heavy atom. The molecule has 0 aliphatic carbocycles. The number of amides is 1. The molecule has 1 aromatic carbocycles. The van der Waals surface area contributed by atoms with E-state index in [1.54, 1.807) is 17.3 Å². The number of hydrogen-bond donors (Lipinski definition) is 1. The average molecular weight is 352 g/mol. The third-order valence-corrected chi connectivity index (χ3v) is 5.14. The highest BCUT2D eigenvalue weighted by Gasteiger charge is 2.30. The molecule has 1 aromatic heterocycles. The zero-order valence-electron chi connectivity index (χ0n) is 12.1. The van der Waals surface area contributed by atoms with Crippen molar-refractivity contribution in [2.75, 3.05) is 6.54 Å². The molecular formula is C15H14ClN3O3S. The summed E-state index contributed by atoms with van der Waals surface area (Å²) in [5.41, 5.74) is 2.13. The predicted octanol–water partition coefficient (Wildman–Crippen LogP) is 1.58. The summed E-state index contributed by atoms with van der Waals surface area (Å²) < 4.78 is 23.0. The van der Waals surface area contributed by atoms with E-state index >= 15 is 0 Å². The van der Waals surface area contributed by atoms with Gasteiger partial charge in [0, 0.05) is 31.0 Å². The highest BCUT2D eigenvalue weighted by Crippen LogP contribution is 2.30. The number of primary sulfonamides is 1. The summed E-state index contributed by atoms with van der Waals surface area (Å²) in [6.45, 7) is 0.934. The fourth-order valence-corrected chi connectivity index (χ4v) is 3.71. The lowest BCUT2D eigenvalue weighted by Crippen LogP contribution is -2.26.